The van der Waals surface area contributed by atoms with E-state index in [9.17, 15) is 9.18 Å². The summed E-state index contributed by atoms with van der Waals surface area (Å²) >= 11 is 0. The molecule has 0 unspecified atom stereocenters. The lowest BCUT2D eigenvalue weighted by Crippen LogP contribution is -2.52. The summed E-state index contributed by atoms with van der Waals surface area (Å²) in [5.41, 5.74) is 2.85. The first-order valence-corrected chi connectivity index (χ1v) is 12.0. The van der Waals surface area contributed by atoms with Crippen molar-refractivity contribution in [2.75, 3.05) is 44.2 Å². The first kappa shape index (κ1) is 22.5. The molecular formula is C27H30FN5O. The van der Waals surface area contributed by atoms with Crippen molar-refractivity contribution in [3.8, 4) is 11.1 Å². The summed E-state index contributed by atoms with van der Waals surface area (Å²) in [6, 6.07) is 16.9. The van der Waals surface area contributed by atoms with Crippen LogP contribution in [0.25, 0.3) is 11.1 Å². The van der Waals surface area contributed by atoms with E-state index in [1.807, 2.05) is 17.0 Å². The van der Waals surface area contributed by atoms with Gasteiger partial charge >= 0.3 is 0 Å². The van der Waals surface area contributed by atoms with Gasteiger partial charge in [-0.05, 0) is 36.1 Å². The monoisotopic (exact) mass is 459 g/mol. The maximum atomic E-state index is 13.5. The van der Waals surface area contributed by atoms with E-state index < -0.39 is 0 Å². The van der Waals surface area contributed by atoms with Gasteiger partial charge in [-0.1, -0.05) is 42.5 Å². The highest BCUT2D eigenvalue weighted by Crippen LogP contribution is 2.25. The van der Waals surface area contributed by atoms with Crippen LogP contribution in [0.4, 0.5) is 10.3 Å². The molecule has 2 aromatic carbocycles. The van der Waals surface area contributed by atoms with E-state index in [2.05, 4.69) is 44.0 Å². The van der Waals surface area contributed by atoms with Crippen LogP contribution >= 0.6 is 0 Å². The van der Waals surface area contributed by atoms with Crippen molar-refractivity contribution >= 4 is 11.9 Å². The molecule has 0 saturated carbocycles. The Hall–Kier alpha value is -3.32. The molecule has 0 radical (unpaired) electrons. The minimum Gasteiger partial charge on any atom is -0.340 e. The highest BCUT2D eigenvalue weighted by atomic mass is 19.1. The van der Waals surface area contributed by atoms with Crippen LogP contribution in [0.3, 0.4) is 0 Å². The summed E-state index contributed by atoms with van der Waals surface area (Å²) in [4.78, 5) is 28.9. The van der Waals surface area contributed by atoms with E-state index in [4.69, 9.17) is 0 Å². The summed E-state index contributed by atoms with van der Waals surface area (Å²) in [7, 11) is 0. The molecule has 0 spiro atoms. The molecule has 1 atom stereocenters. The van der Waals surface area contributed by atoms with E-state index >= 15 is 0 Å². The van der Waals surface area contributed by atoms with Crippen LogP contribution in [0, 0.1) is 11.7 Å². The fourth-order valence-electron chi connectivity index (χ4n) is 4.89. The molecule has 0 bridgehead atoms. The molecule has 0 aliphatic carbocycles. The van der Waals surface area contributed by atoms with Crippen molar-refractivity contribution in [3.63, 3.8) is 0 Å². The van der Waals surface area contributed by atoms with Crippen LogP contribution in [-0.2, 0) is 11.3 Å². The Kier molecular flexibility index (Phi) is 6.81. The van der Waals surface area contributed by atoms with Crippen molar-refractivity contribution in [3.05, 3.63) is 78.4 Å². The number of piperidine rings is 1. The van der Waals surface area contributed by atoms with Crippen LogP contribution in [0.15, 0.2) is 67.0 Å². The Bertz CT molecular complexity index is 1100. The molecule has 2 fully saturated rings. The molecule has 1 aromatic heterocycles. The van der Waals surface area contributed by atoms with Crippen LogP contribution in [-0.4, -0.2) is 64.9 Å². The van der Waals surface area contributed by atoms with Crippen molar-refractivity contribution in [1.82, 2.24) is 19.8 Å². The van der Waals surface area contributed by atoms with Gasteiger partial charge in [0.05, 0.1) is 5.92 Å². The number of hydrogen-bond acceptors (Lipinski definition) is 5. The molecule has 0 N–H and O–H groups in total. The summed E-state index contributed by atoms with van der Waals surface area (Å²) in [6.45, 7) is 5.78. The molecule has 3 aromatic rings. The van der Waals surface area contributed by atoms with Crippen molar-refractivity contribution in [2.45, 2.75) is 19.4 Å². The topological polar surface area (TPSA) is 52.6 Å². The van der Waals surface area contributed by atoms with Gasteiger partial charge in [0.25, 0.3) is 0 Å². The molecule has 34 heavy (non-hydrogen) atoms. The van der Waals surface area contributed by atoms with Gasteiger partial charge in [0, 0.05) is 63.8 Å². The van der Waals surface area contributed by atoms with Crippen LogP contribution in [0.2, 0.25) is 0 Å². The molecule has 5 rings (SSSR count). The van der Waals surface area contributed by atoms with Gasteiger partial charge in [0.2, 0.25) is 11.9 Å². The first-order chi connectivity index (χ1) is 16.7. The van der Waals surface area contributed by atoms with Crippen LogP contribution < -0.4 is 4.90 Å². The molecule has 7 heteroatoms. The lowest BCUT2D eigenvalue weighted by Gasteiger charge is -2.39. The van der Waals surface area contributed by atoms with E-state index in [1.165, 1.54) is 17.7 Å². The molecule has 2 aliphatic rings. The summed E-state index contributed by atoms with van der Waals surface area (Å²) in [5.74, 6) is 0.576. The normalized spacial score (nSPS) is 19.3. The number of rotatable bonds is 5. The molecular weight excluding hydrogens is 429 g/mol. The van der Waals surface area contributed by atoms with E-state index in [0.717, 1.165) is 63.2 Å². The minimum atomic E-state index is -0.278. The second-order valence-electron chi connectivity index (χ2n) is 9.15. The van der Waals surface area contributed by atoms with Crippen molar-refractivity contribution in [2.24, 2.45) is 5.92 Å². The number of hydrogen-bond donors (Lipinski definition) is 0. The molecule has 3 heterocycles. The van der Waals surface area contributed by atoms with Gasteiger partial charge in [0.15, 0.2) is 0 Å². The Morgan fingerprint density at radius 2 is 1.68 bits per heavy atom. The largest absolute Gasteiger partial charge is 0.340 e. The number of amides is 1. The SMILES string of the molecule is O=C([C@H]1CCCN(c2ncc(-c3cccc(F)c3)cn2)C1)N1CCN(Cc2ccccc2)CC1. The van der Waals surface area contributed by atoms with Gasteiger partial charge in [-0.25, -0.2) is 14.4 Å². The molecule has 176 valence electrons. The first-order valence-electron chi connectivity index (χ1n) is 12.0. The second kappa shape index (κ2) is 10.3. The van der Waals surface area contributed by atoms with Crippen molar-refractivity contribution < 1.29 is 9.18 Å². The number of halogens is 1. The predicted octanol–water partition coefficient (Wildman–Crippen LogP) is 3.84. The van der Waals surface area contributed by atoms with E-state index in [-0.39, 0.29) is 17.6 Å². The fourth-order valence-corrected chi connectivity index (χ4v) is 4.89. The number of anilines is 1. The van der Waals surface area contributed by atoms with Crippen LogP contribution in [0.1, 0.15) is 18.4 Å². The number of nitrogens with zero attached hydrogens (tertiary/aromatic N) is 5. The minimum absolute atomic E-state index is 0.0269. The van der Waals surface area contributed by atoms with E-state index in [0.29, 0.717) is 12.5 Å². The smallest absolute Gasteiger partial charge is 0.227 e. The van der Waals surface area contributed by atoms with Crippen LogP contribution in [0.5, 0.6) is 0 Å². The number of carbonyl (C=O) groups excluding carboxylic acids is 1. The Morgan fingerprint density at radius 1 is 0.912 bits per heavy atom. The zero-order valence-corrected chi connectivity index (χ0v) is 19.3. The number of piperazine rings is 1. The maximum absolute atomic E-state index is 13.5. The molecule has 6 nitrogen and oxygen atoms in total. The Labute approximate surface area is 200 Å². The molecule has 2 aliphatic heterocycles. The quantitative estimate of drug-likeness (QED) is 0.580. The fraction of sp³-hybridized carbons (Fsp3) is 0.370. The van der Waals surface area contributed by atoms with Gasteiger partial charge in [-0.2, -0.15) is 0 Å². The van der Waals surface area contributed by atoms with Crippen molar-refractivity contribution in [1.29, 1.82) is 0 Å². The standard InChI is InChI=1S/C27H30FN5O/c28-25-10-4-8-22(16-25)24-17-29-27(30-18-24)33-11-5-9-23(20-33)26(34)32-14-12-31(13-15-32)19-21-6-2-1-3-7-21/h1-4,6-8,10,16-18,23H,5,9,11-15,19-20H2/t23-/m0/s1. The maximum Gasteiger partial charge on any atom is 0.227 e. The molecule has 2 saturated heterocycles. The van der Waals surface area contributed by atoms with E-state index in [1.54, 1.807) is 18.5 Å². The third-order valence-corrected chi connectivity index (χ3v) is 6.78. The Balaban J connectivity index is 1.16. The predicted molar refractivity (Wildman–Crippen MR) is 131 cm³/mol. The summed E-state index contributed by atoms with van der Waals surface area (Å²) < 4.78 is 13.5. The number of carbonyl (C=O) groups is 1. The highest BCUT2D eigenvalue weighted by Gasteiger charge is 2.31. The number of aromatic nitrogens is 2. The zero-order chi connectivity index (χ0) is 23.3. The summed E-state index contributed by atoms with van der Waals surface area (Å²) in [5, 5.41) is 0. The number of benzene rings is 2. The lowest BCUT2D eigenvalue weighted by atomic mass is 9.96. The average Bonchev–Trinajstić information content (AvgIpc) is 2.89. The lowest BCUT2D eigenvalue weighted by molar-refractivity contribution is -0.137. The second-order valence-corrected chi connectivity index (χ2v) is 9.15. The average molecular weight is 460 g/mol. The van der Waals surface area contributed by atoms with Gasteiger partial charge in [-0.15, -0.1) is 0 Å². The Morgan fingerprint density at radius 3 is 2.41 bits per heavy atom. The van der Waals surface area contributed by atoms with Gasteiger partial charge < -0.3 is 9.80 Å². The third kappa shape index (κ3) is 5.25. The third-order valence-electron chi connectivity index (χ3n) is 6.78. The highest BCUT2D eigenvalue weighted by molar-refractivity contribution is 5.80. The zero-order valence-electron chi connectivity index (χ0n) is 19.3. The summed E-state index contributed by atoms with van der Waals surface area (Å²) in [6.07, 6.45) is 5.31. The molecule has 1 amide bonds. The van der Waals surface area contributed by atoms with Gasteiger partial charge in [0.1, 0.15) is 5.82 Å². The van der Waals surface area contributed by atoms with Gasteiger partial charge in [-0.3, -0.25) is 9.69 Å².